The number of carbonyl (C=O) groups is 1. The molecule has 0 spiro atoms. The number of piperazine rings is 1. The number of hydrogen-bond acceptors (Lipinski definition) is 5. The van der Waals surface area contributed by atoms with Gasteiger partial charge in [0, 0.05) is 26.2 Å². The number of nitrogens with one attached hydrogen (secondary N) is 1. The molecular weight excluding hydrogens is 359 g/mol. The van der Waals surface area contributed by atoms with Crippen molar-refractivity contribution in [1.82, 2.24) is 14.9 Å². The lowest BCUT2D eigenvalue weighted by atomic mass is 10.1. The average molecular weight is 379 g/mol. The van der Waals surface area contributed by atoms with Gasteiger partial charge in [0.1, 0.15) is 11.5 Å². The van der Waals surface area contributed by atoms with Crippen LogP contribution in [0.4, 0.5) is 24.7 Å². The van der Waals surface area contributed by atoms with Crippen LogP contribution >= 0.6 is 0 Å². The number of amides is 1. The summed E-state index contributed by atoms with van der Waals surface area (Å²) >= 11 is 0. The summed E-state index contributed by atoms with van der Waals surface area (Å²) in [5, 5.41) is 2.26. The lowest BCUT2D eigenvalue weighted by Crippen LogP contribution is -2.46. The van der Waals surface area contributed by atoms with Gasteiger partial charge in [0.05, 0.1) is 23.6 Å². The number of halogens is 3. The van der Waals surface area contributed by atoms with E-state index in [2.05, 4.69) is 32.0 Å². The van der Waals surface area contributed by atoms with E-state index < -0.39 is 17.6 Å². The van der Waals surface area contributed by atoms with Gasteiger partial charge in [0.25, 0.3) is 5.91 Å². The van der Waals surface area contributed by atoms with E-state index in [1.165, 1.54) is 30.6 Å². The van der Waals surface area contributed by atoms with Crippen LogP contribution in [0.1, 0.15) is 23.0 Å². The van der Waals surface area contributed by atoms with Crippen molar-refractivity contribution in [1.29, 1.82) is 0 Å². The quantitative estimate of drug-likeness (QED) is 0.885. The predicted octanol–water partition coefficient (Wildman–Crippen LogP) is 2.89. The molecular formula is C18H20F3N5O. The van der Waals surface area contributed by atoms with Crippen molar-refractivity contribution in [3.63, 3.8) is 0 Å². The molecule has 1 amide bonds. The van der Waals surface area contributed by atoms with Crippen LogP contribution < -0.4 is 10.2 Å². The maximum Gasteiger partial charge on any atom is 0.418 e. The normalized spacial score (nSPS) is 15.6. The number of likely N-dealkylation sites (N-methyl/N-ethyl adjacent to an activating group) is 1. The third kappa shape index (κ3) is 4.54. The van der Waals surface area contributed by atoms with Crippen molar-refractivity contribution in [2.45, 2.75) is 13.1 Å². The smallest absolute Gasteiger partial charge is 0.353 e. The molecule has 3 rings (SSSR count). The van der Waals surface area contributed by atoms with E-state index in [1.54, 1.807) is 0 Å². The first-order chi connectivity index (χ1) is 12.9. The average Bonchev–Trinajstić information content (AvgIpc) is 2.68. The van der Waals surface area contributed by atoms with Crippen molar-refractivity contribution in [2.75, 3.05) is 42.9 Å². The minimum absolute atomic E-state index is 0.0390. The molecule has 1 aromatic carbocycles. The standard InChI is InChI=1S/C18H20F3N5O/c1-2-25-7-9-26(10-8-25)16-12-22-15(11-23-16)17(27)24-14-6-4-3-5-13(14)18(19,20)21/h3-6,11-12H,2,7-10H2,1H3,(H,24,27). The van der Waals surface area contributed by atoms with Crippen LogP contribution in [0, 0.1) is 0 Å². The number of aromatic nitrogens is 2. The Balaban J connectivity index is 1.69. The molecule has 6 nitrogen and oxygen atoms in total. The molecule has 0 aliphatic carbocycles. The van der Waals surface area contributed by atoms with Crippen LogP contribution in [-0.2, 0) is 6.18 Å². The van der Waals surface area contributed by atoms with Gasteiger partial charge in [-0.1, -0.05) is 19.1 Å². The molecule has 0 atom stereocenters. The predicted molar refractivity (Wildman–Crippen MR) is 95.8 cm³/mol. The van der Waals surface area contributed by atoms with E-state index in [-0.39, 0.29) is 11.4 Å². The fourth-order valence-corrected chi connectivity index (χ4v) is 2.92. The molecule has 0 unspecified atom stereocenters. The number of anilines is 2. The molecule has 9 heteroatoms. The van der Waals surface area contributed by atoms with E-state index in [4.69, 9.17) is 0 Å². The highest BCUT2D eigenvalue weighted by molar-refractivity contribution is 6.03. The van der Waals surface area contributed by atoms with Crippen LogP contribution in [-0.4, -0.2) is 53.5 Å². The fourth-order valence-electron chi connectivity index (χ4n) is 2.92. The SMILES string of the molecule is CCN1CCN(c2cnc(C(=O)Nc3ccccc3C(F)(F)F)cn2)CC1. The molecule has 144 valence electrons. The Morgan fingerprint density at radius 2 is 1.81 bits per heavy atom. The number of para-hydroxylation sites is 1. The van der Waals surface area contributed by atoms with Crippen molar-refractivity contribution in [3.05, 3.63) is 47.9 Å². The summed E-state index contributed by atoms with van der Waals surface area (Å²) in [4.78, 5) is 25.0. The van der Waals surface area contributed by atoms with E-state index in [0.717, 1.165) is 38.8 Å². The topological polar surface area (TPSA) is 61.4 Å². The second-order valence-corrected chi connectivity index (χ2v) is 6.18. The lowest BCUT2D eigenvalue weighted by Gasteiger charge is -2.34. The zero-order chi connectivity index (χ0) is 19.4. The molecule has 0 radical (unpaired) electrons. The summed E-state index contributed by atoms with van der Waals surface area (Å²) in [6.45, 7) is 6.58. The Morgan fingerprint density at radius 3 is 2.41 bits per heavy atom. The highest BCUT2D eigenvalue weighted by Gasteiger charge is 2.33. The molecule has 27 heavy (non-hydrogen) atoms. The van der Waals surface area contributed by atoms with Crippen LogP contribution in [0.3, 0.4) is 0 Å². The first-order valence-electron chi connectivity index (χ1n) is 8.65. The number of rotatable bonds is 4. The third-order valence-electron chi connectivity index (χ3n) is 4.50. The minimum atomic E-state index is -4.56. The Morgan fingerprint density at radius 1 is 1.11 bits per heavy atom. The highest BCUT2D eigenvalue weighted by atomic mass is 19.4. The first kappa shape index (κ1) is 19.1. The minimum Gasteiger partial charge on any atom is -0.353 e. The molecule has 0 bridgehead atoms. The molecule has 1 saturated heterocycles. The number of carbonyl (C=O) groups excluding carboxylic acids is 1. The lowest BCUT2D eigenvalue weighted by molar-refractivity contribution is -0.136. The molecule has 1 aliphatic rings. The van der Waals surface area contributed by atoms with Gasteiger partial charge < -0.3 is 15.1 Å². The summed E-state index contributed by atoms with van der Waals surface area (Å²) in [5.74, 6) is -0.0838. The summed E-state index contributed by atoms with van der Waals surface area (Å²) < 4.78 is 39.1. The van der Waals surface area contributed by atoms with E-state index in [0.29, 0.717) is 5.82 Å². The second kappa shape index (κ2) is 7.91. The fraction of sp³-hybridized carbons (Fsp3) is 0.389. The van der Waals surface area contributed by atoms with Gasteiger partial charge in [0.2, 0.25) is 0 Å². The highest BCUT2D eigenvalue weighted by Crippen LogP contribution is 2.34. The monoisotopic (exact) mass is 379 g/mol. The Hall–Kier alpha value is -2.68. The van der Waals surface area contributed by atoms with Crippen molar-refractivity contribution < 1.29 is 18.0 Å². The van der Waals surface area contributed by atoms with Gasteiger partial charge in [0.15, 0.2) is 0 Å². The largest absolute Gasteiger partial charge is 0.418 e. The number of benzene rings is 1. The van der Waals surface area contributed by atoms with Crippen LogP contribution in [0.5, 0.6) is 0 Å². The Labute approximate surface area is 155 Å². The van der Waals surface area contributed by atoms with Gasteiger partial charge in [-0.15, -0.1) is 0 Å². The van der Waals surface area contributed by atoms with Crippen molar-refractivity contribution in [2.24, 2.45) is 0 Å². The van der Waals surface area contributed by atoms with Gasteiger partial charge in [-0.3, -0.25) is 4.79 Å². The zero-order valence-electron chi connectivity index (χ0n) is 14.8. The summed E-state index contributed by atoms with van der Waals surface area (Å²) in [7, 11) is 0. The van der Waals surface area contributed by atoms with Crippen molar-refractivity contribution >= 4 is 17.4 Å². The summed E-state index contributed by atoms with van der Waals surface area (Å²) in [6.07, 6.45) is -1.79. The molecule has 1 fully saturated rings. The van der Waals surface area contributed by atoms with Gasteiger partial charge >= 0.3 is 6.18 Å². The molecule has 2 heterocycles. The maximum atomic E-state index is 13.0. The van der Waals surface area contributed by atoms with Crippen LogP contribution in [0.25, 0.3) is 0 Å². The first-order valence-corrected chi connectivity index (χ1v) is 8.65. The Bertz CT molecular complexity index is 786. The van der Waals surface area contributed by atoms with E-state index in [9.17, 15) is 18.0 Å². The number of nitrogens with zero attached hydrogens (tertiary/aromatic N) is 4. The summed E-state index contributed by atoms with van der Waals surface area (Å²) in [5.41, 5.74) is -1.25. The van der Waals surface area contributed by atoms with Crippen molar-refractivity contribution in [3.8, 4) is 0 Å². The third-order valence-corrected chi connectivity index (χ3v) is 4.50. The number of alkyl halides is 3. The molecule has 1 N–H and O–H groups in total. The second-order valence-electron chi connectivity index (χ2n) is 6.18. The molecule has 0 saturated carbocycles. The van der Waals surface area contributed by atoms with Gasteiger partial charge in [-0.25, -0.2) is 9.97 Å². The van der Waals surface area contributed by atoms with Gasteiger partial charge in [-0.05, 0) is 18.7 Å². The van der Waals surface area contributed by atoms with Gasteiger partial charge in [-0.2, -0.15) is 13.2 Å². The van der Waals surface area contributed by atoms with E-state index in [1.807, 2.05) is 0 Å². The molecule has 2 aromatic rings. The zero-order valence-corrected chi connectivity index (χ0v) is 14.8. The Kier molecular flexibility index (Phi) is 5.59. The maximum absolute atomic E-state index is 13.0. The van der Waals surface area contributed by atoms with Crippen LogP contribution in [0.15, 0.2) is 36.7 Å². The van der Waals surface area contributed by atoms with E-state index >= 15 is 0 Å². The molecule has 1 aromatic heterocycles. The summed E-state index contributed by atoms with van der Waals surface area (Å²) in [6, 6.07) is 4.82. The number of hydrogen-bond donors (Lipinski definition) is 1. The van der Waals surface area contributed by atoms with Crippen LogP contribution in [0.2, 0.25) is 0 Å². The molecule has 1 aliphatic heterocycles.